The first-order valence-corrected chi connectivity index (χ1v) is 12.4. The maximum absolute atomic E-state index is 6.29. The second kappa shape index (κ2) is 6.43. The smallest absolute Gasteiger partial charge is 0.127 e. The summed E-state index contributed by atoms with van der Waals surface area (Å²) in [7, 11) is -1.93. The lowest BCUT2D eigenvalue weighted by atomic mass is 10.0. The maximum Gasteiger partial charge on any atom is 0.127 e. The summed E-state index contributed by atoms with van der Waals surface area (Å²) in [6, 6.07) is 23.0. The van der Waals surface area contributed by atoms with E-state index >= 15 is 0 Å². The van der Waals surface area contributed by atoms with Crippen molar-refractivity contribution < 1.29 is 4.74 Å². The van der Waals surface area contributed by atoms with Crippen LogP contribution in [0.5, 0.6) is 11.5 Å². The summed E-state index contributed by atoms with van der Waals surface area (Å²) in [5.74, 6) is 1.95. The van der Waals surface area contributed by atoms with Gasteiger partial charge in [0, 0.05) is 24.2 Å². The van der Waals surface area contributed by atoms with Crippen molar-refractivity contribution in [1.29, 1.82) is 0 Å². The van der Waals surface area contributed by atoms with Crippen molar-refractivity contribution in [3.05, 3.63) is 85.3 Å². The molecule has 0 aliphatic carbocycles. The number of aromatic nitrogens is 2. The highest BCUT2D eigenvalue weighted by molar-refractivity contribution is 7.02. The van der Waals surface area contributed by atoms with Crippen LogP contribution in [0.15, 0.2) is 85.3 Å². The number of hydrogen-bond donors (Lipinski definition) is 0. The number of ether oxygens (including phenoxy) is 1. The first kappa shape index (κ1) is 16.9. The molecule has 0 fully saturated rings. The van der Waals surface area contributed by atoms with Gasteiger partial charge in [-0.3, -0.25) is 9.97 Å². The second-order valence-corrected chi connectivity index (χ2v) is 11.9. The van der Waals surface area contributed by atoms with Gasteiger partial charge in [-0.05, 0) is 57.9 Å². The molecule has 136 valence electrons. The Morgan fingerprint density at radius 2 is 1.50 bits per heavy atom. The van der Waals surface area contributed by atoms with Crippen LogP contribution in [-0.2, 0) is 0 Å². The number of fused-ring (bicyclic) bond motifs is 2. The van der Waals surface area contributed by atoms with Gasteiger partial charge in [0.05, 0.1) is 5.69 Å². The fourth-order valence-electron chi connectivity index (χ4n) is 4.10. The second-order valence-electron chi connectivity index (χ2n) is 7.57. The summed E-state index contributed by atoms with van der Waals surface area (Å²) >= 11 is 0. The zero-order valence-electron chi connectivity index (χ0n) is 15.9. The number of pyridine rings is 2. The molecule has 1 aliphatic heterocycles. The monoisotopic (exact) mass is 380 g/mol. The van der Waals surface area contributed by atoms with Crippen molar-refractivity contribution in [3.63, 3.8) is 0 Å². The average Bonchev–Trinajstić information content (AvgIpc) is 2.74. The summed E-state index contributed by atoms with van der Waals surface area (Å²) in [5, 5.41) is 2.65. The lowest BCUT2D eigenvalue weighted by Crippen LogP contribution is -2.56. The van der Waals surface area contributed by atoms with Crippen molar-refractivity contribution in [2.75, 3.05) is 0 Å². The van der Waals surface area contributed by atoms with Crippen LogP contribution in [0.1, 0.15) is 0 Å². The predicted octanol–water partition coefficient (Wildman–Crippen LogP) is 4.74. The topological polar surface area (TPSA) is 35.0 Å². The van der Waals surface area contributed by atoms with Crippen LogP contribution in [0.4, 0.5) is 0 Å². The molecule has 0 spiro atoms. The number of hydrogen-bond acceptors (Lipinski definition) is 3. The number of benzene rings is 2. The summed E-state index contributed by atoms with van der Waals surface area (Å²) in [4.78, 5) is 8.84. The summed E-state index contributed by atoms with van der Waals surface area (Å²) < 4.78 is 6.29. The lowest BCUT2D eigenvalue weighted by Gasteiger charge is -2.34. The molecule has 0 amide bonds. The van der Waals surface area contributed by atoms with E-state index in [0.717, 1.165) is 28.3 Å². The van der Waals surface area contributed by atoms with E-state index in [1.54, 1.807) is 0 Å². The van der Waals surface area contributed by atoms with Crippen molar-refractivity contribution in [2.45, 2.75) is 13.1 Å². The molecule has 4 aromatic rings. The van der Waals surface area contributed by atoms with Gasteiger partial charge in [-0.25, -0.2) is 0 Å². The van der Waals surface area contributed by atoms with E-state index in [2.05, 4.69) is 60.5 Å². The highest BCUT2D eigenvalue weighted by Gasteiger charge is 2.38. The molecule has 2 aromatic carbocycles. The van der Waals surface area contributed by atoms with Gasteiger partial charge in [-0.2, -0.15) is 0 Å². The quantitative estimate of drug-likeness (QED) is 0.471. The minimum Gasteiger partial charge on any atom is -0.458 e. The summed E-state index contributed by atoms with van der Waals surface area (Å²) in [6.45, 7) is 4.78. The third kappa shape index (κ3) is 2.65. The Kier molecular flexibility index (Phi) is 3.88. The van der Waals surface area contributed by atoms with Gasteiger partial charge >= 0.3 is 0 Å². The Hall–Kier alpha value is -3.24. The van der Waals surface area contributed by atoms with Crippen LogP contribution in [0.3, 0.4) is 0 Å². The number of para-hydroxylation sites is 1. The molecule has 3 heterocycles. The molecule has 5 rings (SSSR count). The molecule has 0 saturated carbocycles. The van der Waals surface area contributed by atoms with Crippen LogP contribution in [-0.4, -0.2) is 18.0 Å². The summed E-state index contributed by atoms with van der Waals surface area (Å²) in [6.07, 6.45) is 5.53. The van der Waals surface area contributed by atoms with Gasteiger partial charge in [0.15, 0.2) is 0 Å². The molecule has 2 aromatic heterocycles. The van der Waals surface area contributed by atoms with Crippen molar-refractivity contribution in [2.24, 2.45) is 0 Å². The first-order valence-electron chi connectivity index (χ1n) is 9.42. The predicted molar refractivity (Wildman–Crippen MR) is 116 cm³/mol. The Balaban J connectivity index is 1.69. The molecule has 0 atom stereocenters. The third-order valence-corrected chi connectivity index (χ3v) is 9.01. The Morgan fingerprint density at radius 1 is 0.750 bits per heavy atom. The third-order valence-electron chi connectivity index (χ3n) is 5.48. The molecule has 0 unspecified atom stereocenters. The van der Waals surface area contributed by atoms with Crippen LogP contribution >= 0.6 is 0 Å². The molecule has 0 N–H and O–H groups in total. The van der Waals surface area contributed by atoms with Gasteiger partial charge < -0.3 is 4.74 Å². The molecule has 0 saturated heterocycles. The molecule has 1 aliphatic rings. The average molecular weight is 381 g/mol. The minimum absolute atomic E-state index is 0.962. The zero-order valence-corrected chi connectivity index (χ0v) is 16.9. The Bertz CT molecular complexity index is 1170. The van der Waals surface area contributed by atoms with Gasteiger partial charge in [0.1, 0.15) is 19.6 Å². The van der Waals surface area contributed by atoms with E-state index in [-0.39, 0.29) is 0 Å². The van der Waals surface area contributed by atoms with E-state index in [9.17, 15) is 0 Å². The number of nitrogens with zero attached hydrogens (tertiary/aromatic N) is 2. The van der Waals surface area contributed by atoms with Crippen molar-refractivity contribution in [3.8, 4) is 33.9 Å². The molecular weight excluding hydrogens is 360 g/mol. The lowest BCUT2D eigenvalue weighted by molar-refractivity contribution is 0.487. The van der Waals surface area contributed by atoms with Crippen LogP contribution in [0, 0.1) is 0 Å². The van der Waals surface area contributed by atoms with Gasteiger partial charge in [-0.15, -0.1) is 0 Å². The highest BCUT2D eigenvalue weighted by atomic mass is 28.3. The van der Waals surface area contributed by atoms with E-state index in [1.165, 1.54) is 15.9 Å². The normalized spacial score (nSPS) is 13.9. The highest BCUT2D eigenvalue weighted by Crippen LogP contribution is 2.33. The van der Waals surface area contributed by atoms with Gasteiger partial charge in [-0.1, -0.05) is 43.4 Å². The van der Waals surface area contributed by atoms with Crippen LogP contribution in [0.25, 0.3) is 22.4 Å². The molecule has 0 bridgehead atoms. The van der Waals surface area contributed by atoms with Crippen LogP contribution < -0.4 is 15.1 Å². The largest absolute Gasteiger partial charge is 0.458 e. The van der Waals surface area contributed by atoms with Crippen molar-refractivity contribution >= 4 is 18.4 Å². The maximum atomic E-state index is 6.29. The fraction of sp³-hybridized carbons (Fsp3) is 0.0833. The number of rotatable bonds is 2. The van der Waals surface area contributed by atoms with Crippen molar-refractivity contribution in [1.82, 2.24) is 9.97 Å². The summed E-state index contributed by atoms with van der Waals surface area (Å²) in [5.41, 5.74) is 4.43. The standard InChI is InChI=1S/C24H20N2OSi/c1-28(2)23-9-4-3-7-21(23)27-22-8-5-6-19(24(22)28)20-16-18(12-15-26-20)17-10-13-25-14-11-17/h3-16H,1-2H3. The zero-order chi connectivity index (χ0) is 19.1. The molecule has 0 radical (unpaired) electrons. The van der Waals surface area contributed by atoms with Gasteiger partial charge in [0.25, 0.3) is 0 Å². The van der Waals surface area contributed by atoms with E-state index in [4.69, 9.17) is 9.72 Å². The Morgan fingerprint density at radius 3 is 2.36 bits per heavy atom. The van der Waals surface area contributed by atoms with Crippen LogP contribution in [0.2, 0.25) is 13.1 Å². The van der Waals surface area contributed by atoms with Gasteiger partial charge in [0.2, 0.25) is 0 Å². The van der Waals surface area contributed by atoms with E-state index < -0.39 is 8.07 Å². The van der Waals surface area contributed by atoms with E-state index in [1.807, 2.05) is 42.9 Å². The molecule has 3 nitrogen and oxygen atoms in total. The fourth-order valence-corrected chi connectivity index (χ4v) is 7.27. The Labute approximate surface area is 165 Å². The molecular formula is C24H20N2OSi. The SMILES string of the molecule is C[Si]1(C)c2ccccc2Oc2cccc(-c3cc(-c4ccncc4)ccn3)c21. The van der Waals surface area contributed by atoms with E-state index in [0.29, 0.717) is 0 Å². The minimum atomic E-state index is -1.93. The molecule has 4 heteroatoms. The molecule has 28 heavy (non-hydrogen) atoms. The first-order chi connectivity index (χ1) is 13.6.